The van der Waals surface area contributed by atoms with Crippen molar-refractivity contribution in [1.82, 2.24) is 14.9 Å². The van der Waals surface area contributed by atoms with Crippen LogP contribution in [0, 0.1) is 17.8 Å². The second-order valence-electron chi connectivity index (χ2n) is 12.2. The van der Waals surface area contributed by atoms with Crippen molar-refractivity contribution in [2.45, 2.75) is 64.5 Å². The normalized spacial score (nSPS) is 23.6. The highest BCUT2D eigenvalue weighted by molar-refractivity contribution is 5.96. The maximum atomic E-state index is 13.8. The van der Waals surface area contributed by atoms with Crippen molar-refractivity contribution in [3.63, 3.8) is 0 Å². The van der Waals surface area contributed by atoms with E-state index in [1.54, 1.807) is 17.0 Å². The summed E-state index contributed by atoms with van der Waals surface area (Å²) < 4.78 is 46.8. The van der Waals surface area contributed by atoms with E-state index in [9.17, 15) is 27.9 Å². The molecule has 3 aliphatic rings. The molecule has 12 heteroatoms. The van der Waals surface area contributed by atoms with Gasteiger partial charge in [-0.15, -0.1) is 0 Å². The highest BCUT2D eigenvalue weighted by Crippen LogP contribution is 2.36. The fourth-order valence-electron chi connectivity index (χ4n) is 6.46. The monoisotopic (exact) mass is 603 g/mol. The molecule has 43 heavy (non-hydrogen) atoms. The Morgan fingerprint density at radius 2 is 1.72 bits per heavy atom. The summed E-state index contributed by atoms with van der Waals surface area (Å²) in [7, 11) is 0. The van der Waals surface area contributed by atoms with E-state index in [1.807, 2.05) is 11.8 Å². The zero-order valence-corrected chi connectivity index (χ0v) is 24.6. The topological polar surface area (TPSA) is 103 Å². The van der Waals surface area contributed by atoms with Gasteiger partial charge in [-0.05, 0) is 62.5 Å². The molecule has 0 spiro atoms. The minimum atomic E-state index is -4.81. The number of aromatic nitrogens is 2. The maximum absolute atomic E-state index is 13.8. The molecule has 1 atom stereocenters. The van der Waals surface area contributed by atoms with Gasteiger partial charge in [-0.25, -0.2) is 4.98 Å². The van der Waals surface area contributed by atoms with E-state index in [0.29, 0.717) is 56.6 Å². The van der Waals surface area contributed by atoms with Crippen LogP contribution in [0.25, 0.3) is 0 Å². The van der Waals surface area contributed by atoms with Crippen LogP contribution in [0.15, 0.2) is 35.1 Å². The van der Waals surface area contributed by atoms with Crippen LogP contribution in [0.5, 0.6) is 0 Å². The Morgan fingerprint density at radius 3 is 2.37 bits per heavy atom. The number of amides is 1. The Hall–Kier alpha value is -3.57. The third kappa shape index (κ3) is 7.33. The van der Waals surface area contributed by atoms with Crippen molar-refractivity contribution in [3.8, 4) is 0 Å². The van der Waals surface area contributed by atoms with Gasteiger partial charge in [0.05, 0.1) is 5.76 Å². The lowest BCUT2D eigenvalue weighted by Gasteiger charge is -2.31. The highest BCUT2D eigenvalue weighted by Gasteiger charge is 2.42. The molecule has 9 nitrogen and oxygen atoms in total. The molecule has 2 saturated heterocycles. The third-order valence-electron chi connectivity index (χ3n) is 8.92. The van der Waals surface area contributed by atoms with Gasteiger partial charge in [-0.3, -0.25) is 9.59 Å². The lowest BCUT2D eigenvalue weighted by Crippen LogP contribution is -2.40. The predicted octanol–water partition coefficient (Wildman–Crippen LogP) is 5.67. The minimum absolute atomic E-state index is 0.0289. The molecule has 4 heterocycles. The van der Waals surface area contributed by atoms with Crippen LogP contribution in [0.4, 0.5) is 25.0 Å². The number of aliphatic hydroxyl groups excluding tert-OH is 1. The van der Waals surface area contributed by atoms with E-state index in [2.05, 4.69) is 21.4 Å². The van der Waals surface area contributed by atoms with Crippen LogP contribution in [-0.4, -0.2) is 70.9 Å². The lowest BCUT2D eigenvalue weighted by atomic mass is 9.80. The number of aliphatic hydroxyl groups is 1. The molecule has 1 N–H and O–H groups in total. The van der Waals surface area contributed by atoms with Crippen LogP contribution in [-0.2, 0) is 17.4 Å². The van der Waals surface area contributed by atoms with Gasteiger partial charge < -0.3 is 24.2 Å². The van der Waals surface area contributed by atoms with Gasteiger partial charge in [0.1, 0.15) is 5.82 Å². The van der Waals surface area contributed by atoms with Crippen LogP contribution in [0.1, 0.15) is 73.7 Å². The quantitative estimate of drug-likeness (QED) is 0.319. The van der Waals surface area contributed by atoms with Crippen molar-refractivity contribution < 1.29 is 32.3 Å². The summed E-state index contributed by atoms with van der Waals surface area (Å²) in [5.41, 5.74) is -0.815. The Balaban J connectivity index is 1.19. The van der Waals surface area contributed by atoms with E-state index >= 15 is 0 Å². The number of allylic oxidation sites excluding steroid dienone is 1. The first-order chi connectivity index (χ1) is 20.5. The first-order valence-electron chi connectivity index (χ1n) is 15.2. The average Bonchev–Trinajstić information content (AvgIpc) is 3.31. The molecule has 234 valence electrons. The first-order valence-corrected chi connectivity index (χ1v) is 15.2. The minimum Gasteiger partial charge on any atom is -0.513 e. The summed E-state index contributed by atoms with van der Waals surface area (Å²) in [6.07, 6.45) is 2.03. The van der Waals surface area contributed by atoms with Crippen LogP contribution >= 0.6 is 0 Å². The number of halogens is 3. The Kier molecular flexibility index (Phi) is 9.31. The summed E-state index contributed by atoms with van der Waals surface area (Å²) in [6.45, 7) is 9.25. The van der Waals surface area contributed by atoms with E-state index in [1.165, 1.54) is 6.20 Å². The molecule has 1 saturated carbocycles. The molecule has 1 aliphatic carbocycles. The van der Waals surface area contributed by atoms with Gasteiger partial charge in [-0.2, -0.15) is 18.2 Å². The number of Topliss-reactive ketones (excluding diaryl/α,β-unsaturated/α-hetero) is 1. The number of anilines is 2. The number of oxazole rings is 1. The molecular weight excluding hydrogens is 563 g/mol. The van der Waals surface area contributed by atoms with Crippen molar-refractivity contribution >= 4 is 23.5 Å². The summed E-state index contributed by atoms with van der Waals surface area (Å²) in [5, 5.41) is 9.66. The zero-order valence-electron chi connectivity index (χ0n) is 24.6. The molecule has 2 aliphatic heterocycles. The van der Waals surface area contributed by atoms with Gasteiger partial charge >= 0.3 is 6.18 Å². The molecule has 0 radical (unpaired) electrons. The van der Waals surface area contributed by atoms with Crippen molar-refractivity contribution in [2.24, 2.45) is 17.8 Å². The van der Waals surface area contributed by atoms with E-state index in [4.69, 9.17) is 4.42 Å². The fourth-order valence-corrected chi connectivity index (χ4v) is 6.46. The number of ketones is 1. The standard InChI is InChI=1S/C31H40F3N5O4/c1-20-5-3-12-39(19-20)30-36-28(31(32,33)34)27(43-30)25(41)17-22-6-11-26(35-18-22)37-13-4-14-38(16-15-37)29(42)24-9-7-23(8-10-24)21(2)40/h6,11,18,20,23-24,40H,2-5,7-10,12-17,19H2,1H3. The molecule has 1 amide bonds. The van der Waals surface area contributed by atoms with Crippen LogP contribution in [0.2, 0.25) is 0 Å². The second kappa shape index (κ2) is 13.0. The number of pyridine rings is 1. The Morgan fingerprint density at radius 1 is 1.00 bits per heavy atom. The van der Waals surface area contributed by atoms with Gasteiger partial charge in [0, 0.05) is 63.7 Å². The smallest absolute Gasteiger partial charge is 0.437 e. The molecular formula is C31H40F3N5O4. The number of alkyl halides is 3. The summed E-state index contributed by atoms with van der Waals surface area (Å²) in [5.74, 6) is -0.164. The largest absolute Gasteiger partial charge is 0.513 e. The number of piperidine rings is 1. The number of hydrogen-bond acceptors (Lipinski definition) is 8. The second-order valence-corrected chi connectivity index (χ2v) is 12.2. The third-order valence-corrected chi connectivity index (χ3v) is 8.92. The SMILES string of the molecule is C=C(O)C1CCC(C(=O)N2CCCN(c3ccc(CC(=O)c4oc(N5CCCC(C)C5)nc4C(F)(F)F)cn3)CC2)CC1. The predicted molar refractivity (Wildman–Crippen MR) is 155 cm³/mol. The number of carbonyl (C=O) groups is 2. The summed E-state index contributed by atoms with van der Waals surface area (Å²) in [6, 6.07) is 3.29. The molecule has 3 fully saturated rings. The Bertz CT molecular complexity index is 1300. The lowest BCUT2D eigenvalue weighted by molar-refractivity contribution is -0.141. The molecule has 5 rings (SSSR count). The molecule has 2 aromatic heterocycles. The number of rotatable bonds is 7. The number of hydrogen-bond donors (Lipinski definition) is 1. The van der Waals surface area contributed by atoms with Crippen molar-refractivity contribution in [1.29, 1.82) is 0 Å². The first kappa shape index (κ1) is 30.9. The molecule has 0 aromatic carbocycles. The van der Waals surface area contributed by atoms with Gasteiger partial charge in [0.15, 0.2) is 5.69 Å². The molecule has 1 unspecified atom stereocenters. The number of carbonyl (C=O) groups excluding carboxylic acids is 2. The fraction of sp³-hybridized carbons (Fsp3) is 0.613. The van der Waals surface area contributed by atoms with Crippen molar-refractivity contribution in [3.05, 3.63) is 47.7 Å². The molecule has 2 aromatic rings. The van der Waals surface area contributed by atoms with E-state index in [-0.39, 0.29) is 35.9 Å². The zero-order chi connectivity index (χ0) is 30.7. The highest BCUT2D eigenvalue weighted by atomic mass is 19.4. The summed E-state index contributed by atoms with van der Waals surface area (Å²) >= 11 is 0. The number of nitrogens with zero attached hydrogens (tertiary/aromatic N) is 5. The Labute approximate surface area is 249 Å². The van der Waals surface area contributed by atoms with Crippen LogP contribution in [0.3, 0.4) is 0 Å². The summed E-state index contributed by atoms with van der Waals surface area (Å²) in [4.78, 5) is 40.0. The van der Waals surface area contributed by atoms with Gasteiger partial charge in [-0.1, -0.05) is 19.6 Å². The van der Waals surface area contributed by atoms with Crippen molar-refractivity contribution in [2.75, 3.05) is 49.1 Å². The van der Waals surface area contributed by atoms with E-state index < -0.39 is 23.4 Å². The molecule has 0 bridgehead atoms. The average molecular weight is 604 g/mol. The van der Waals surface area contributed by atoms with E-state index in [0.717, 1.165) is 44.9 Å². The van der Waals surface area contributed by atoms with Gasteiger partial charge in [0.25, 0.3) is 6.01 Å². The van der Waals surface area contributed by atoms with Crippen LogP contribution < -0.4 is 9.80 Å². The van der Waals surface area contributed by atoms with Gasteiger partial charge in [0.2, 0.25) is 17.5 Å². The maximum Gasteiger partial charge on any atom is 0.437 e.